The third-order valence-electron chi connectivity index (χ3n) is 2.82. The maximum atomic E-state index is 11.0. The maximum absolute atomic E-state index is 11.0. The van der Waals surface area contributed by atoms with E-state index in [1.165, 1.54) is 18.2 Å². The molecule has 2 aromatic rings. The van der Waals surface area contributed by atoms with Crippen LogP contribution in [0.25, 0.3) is 0 Å². The highest BCUT2D eigenvalue weighted by Gasteiger charge is 2.17. The second-order valence-corrected chi connectivity index (χ2v) is 5.29. The molecular weight excluding hydrogens is 315 g/mol. The van der Waals surface area contributed by atoms with Crippen molar-refractivity contribution in [1.29, 1.82) is 0 Å². The Morgan fingerprint density at radius 1 is 1.19 bits per heavy atom. The van der Waals surface area contributed by atoms with Gasteiger partial charge in [0.25, 0.3) is 0 Å². The first-order valence-corrected chi connectivity index (χ1v) is 6.81. The van der Waals surface area contributed by atoms with Gasteiger partial charge in [-0.15, -0.1) is 0 Å². The molecule has 5 nitrogen and oxygen atoms in total. The normalized spacial score (nSPS) is 12.0. The van der Waals surface area contributed by atoms with E-state index in [1.54, 1.807) is 18.2 Å². The van der Waals surface area contributed by atoms with Crippen molar-refractivity contribution in [3.63, 3.8) is 0 Å². The van der Waals surface area contributed by atoms with Crippen LogP contribution >= 0.6 is 23.2 Å². The van der Waals surface area contributed by atoms with Gasteiger partial charge in [-0.05, 0) is 36.8 Å². The Hall–Kier alpha value is -1.82. The third kappa shape index (κ3) is 3.64. The topological polar surface area (TPSA) is 78.4 Å². The van der Waals surface area contributed by atoms with Crippen LogP contribution in [0.15, 0.2) is 36.4 Å². The van der Waals surface area contributed by atoms with Crippen LogP contribution in [0.1, 0.15) is 18.5 Å². The van der Waals surface area contributed by atoms with E-state index < -0.39 is 4.92 Å². The molecular formula is C14H12Cl2N2O3. The number of ether oxygens (including phenoxy) is 1. The Kier molecular flexibility index (Phi) is 4.67. The van der Waals surface area contributed by atoms with Gasteiger partial charge in [0.15, 0.2) is 0 Å². The molecule has 110 valence electrons. The van der Waals surface area contributed by atoms with Crippen molar-refractivity contribution in [3.05, 3.63) is 62.1 Å². The molecule has 0 saturated heterocycles. The lowest BCUT2D eigenvalue weighted by Gasteiger charge is -2.11. The molecule has 0 aromatic heterocycles. The summed E-state index contributed by atoms with van der Waals surface area (Å²) in [5.41, 5.74) is 6.38. The predicted molar refractivity (Wildman–Crippen MR) is 82.2 cm³/mol. The number of rotatable bonds is 4. The van der Waals surface area contributed by atoms with Gasteiger partial charge in [-0.2, -0.15) is 0 Å². The van der Waals surface area contributed by atoms with Gasteiger partial charge >= 0.3 is 5.69 Å². The SMILES string of the molecule is C[C@@H](N)c1ccc(Oc2ccc(Cl)cc2[N+](=O)[O-])c(Cl)c1. The minimum atomic E-state index is -0.564. The van der Waals surface area contributed by atoms with E-state index in [2.05, 4.69) is 0 Å². The molecule has 0 aliphatic rings. The lowest BCUT2D eigenvalue weighted by Crippen LogP contribution is -2.04. The van der Waals surface area contributed by atoms with Gasteiger partial charge < -0.3 is 10.5 Å². The lowest BCUT2D eigenvalue weighted by atomic mass is 10.1. The van der Waals surface area contributed by atoms with Crippen LogP contribution in [0.5, 0.6) is 11.5 Å². The van der Waals surface area contributed by atoms with Gasteiger partial charge in [0.2, 0.25) is 5.75 Å². The van der Waals surface area contributed by atoms with Crippen molar-refractivity contribution in [3.8, 4) is 11.5 Å². The Labute approximate surface area is 131 Å². The Bertz CT molecular complexity index is 690. The van der Waals surface area contributed by atoms with E-state index in [9.17, 15) is 10.1 Å². The molecule has 2 aromatic carbocycles. The Morgan fingerprint density at radius 3 is 2.43 bits per heavy atom. The van der Waals surface area contributed by atoms with E-state index >= 15 is 0 Å². The smallest absolute Gasteiger partial charge is 0.313 e. The second-order valence-electron chi connectivity index (χ2n) is 4.45. The van der Waals surface area contributed by atoms with E-state index in [4.69, 9.17) is 33.7 Å². The van der Waals surface area contributed by atoms with Crippen molar-refractivity contribution in [2.24, 2.45) is 5.73 Å². The van der Waals surface area contributed by atoms with Crippen LogP contribution in [0.3, 0.4) is 0 Å². The number of benzene rings is 2. The minimum Gasteiger partial charge on any atom is -0.449 e. The largest absolute Gasteiger partial charge is 0.449 e. The molecule has 2 rings (SSSR count). The first kappa shape index (κ1) is 15.6. The van der Waals surface area contributed by atoms with Crippen molar-refractivity contribution in [2.75, 3.05) is 0 Å². The van der Waals surface area contributed by atoms with Gasteiger partial charge in [0, 0.05) is 17.1 Å². The van der Waals surface area contributed by atoms with Crippen LogP contribution in [0.2, 0.25) is 10.0 Å². The van der Waals surface area contributed by atoms with Crippen LogP contribution in [-0.2, 0) is 0 Å². The van der Waals surface area contributed by atoms with E-state index in [0.29, 0.717) is 10.8 Å². The highest BCUT2D eigenvalue weighted by atomic mass is 35.5. The molecule has 7 heteroatoms. The number of hydrogen-bond donors (Lipinski definition) is 1. The number of nitrogens with two attached hydrogens (primary N) is 1. The minimum absolute atomic E-state index is 0.0693. The van der Waals surface area contributed by atoms with E-state index in [0.717, 1.165) is 5.56 Å². The second kappa shape index (κ2) is 6.30. The maximum Gasteiger partial charge on any atom is 0.313 e. The highest BCUT2D eigenvalue weighted by Crippen LogP contribution is 2.37. The van der Waals surface area contributed by atoms with Crippen LogP contribution in [0, 0.1) is 10.1 Å². The average Bonchev–Trinajstić information content (AvgIpc) is 2.42. The molecule has 0 aliphatic heterocycles. The molecule has 0 saturated carbocycles. The molecule has 1 atom stereocenters. The van der Waals surface area contributed by atoms with Crippen LogP contribution in [-0.4, -0.2) is 4.92 Å². The molecule has 0 spiro atoms. The molecule has 0 heterocycles. The van der Waals surface area contributed by atoms with Gasteiger partial charge in [-0.3, -0.25) is 10.1 Å². The van der Waals surface area contributed by atoms with Gasteiger partial charge in [0.05, 0.1) is 9.95 Å². The summed E-state index contributed by atoms with van der Waals surface area (Å²) in [6, 6.07) is 9.04. The average molecular weight is 327 g/mol. The van der Waals surface area contributed by atoms with Crippen LogP contribution in [0.4, 0.5) is 5.69 Å². The zero-order valence-electron chi connectivity index (χ0n) is 11.0. The first-order chi connectivity index (χ1) is 9.88. The number of hydrogen-bond acceptors (Lipinski definition) is 4. The fourth-order valence-corrected chi connectivity index (χ4v) is 2.11. The molecule has 21 heavy (non-hydrogen) atoms. The molecule has 0 fully saturated rings. The van der Waals surface area contributed by atoms with Crippen molar-refractivity contribution in [2.45, 2.75) is 13.0 Å². The summed E-state index contributed by atoms with van der Waals surface area (Å²) in [5.74, 6) is 0.381. The third-order valence-corrected chi connectivity index (χ3v) is 3.35. The van der Waals surface area contributed by atoms with Gasteiger partial charge in [-0.25, -0.2) is 0 Å². The molecule has 0 unspecified atom stereocenters. The van der Waals surface area contributed by atoms with Crippen molar-refractivity contribution < 1.29 is 9.66 Å². The van der Waals surface area contributed by atoms with Crippen molar-refractivity contribution in [1.82, 2.24) is 0 Å². The zero-order chi connectivity index (χ0) is 15.6. The lowest BCUT2D eigenvalue weighted by molar-refractivity contribution is -0.385. The summed E-state index contributed by atoms with van der Waals surface area (Å²) in [5, 5.41) is 11.6. The summed E-state index contributed by atoms with van der Waals surface area (Å²) >= 11 is 11.9. The predicted octanol–water partition coefficient (Wildman–Crippen LogP) is 4.71. The number of nitro groups is 1. The molecule has 0 bridgehead atoms. The summed E-state index contributed by atoms with van der Waals surface area (Å²) in [6.45, 7) is 1.83. The van der Waals surface area contributed by atoms with Crippen LogP contribution < -0.4 is 10.5 Å². The number of halogens is 2. The molecule has 2 N–H and O–H groups in total. The zero-order valence-corrected chi connectivity index (χ0v) is 12.6. The molecule has 0 radical (unpaired) electrons. The Morgan fingerprint density at radius 2 is 1.86 bits per heavy atom. The highest BCUT2D eigenvalue weighted by molar-refractivity contribution is 6.32. The molecule has 0 amide bonds. The van der Waals surface area contributed by atoms with E-state index in [-0.39, 0.29) is 22.5 Å². The number of nitro benzene ring substituents is 1. The monoisotopic (exact) mass is 326 g/mol. The summed E-state index contributed by atoms with van der Waals surface area (Å²) in [7, 11) is 0. The van der Waals surface area contributed by atoms with Gasteiger partial charge in [0.1, 0.15) is 5.75 Å². The summed E-state index contributed by atoms with van der Waals surface area (Å²) in [4.78, 5) is 10.4. The van der Waals surface area contributed by atoms with Crippen molar-refractivity contribution >= 4 is 28.9 Å². The fraction of sp³-hybridized carbons (Fsp3) is 0.143. The quantitative estimate of drug-likeness (QED) is 0.651. The van der Waals surface area contributed by atoms with E-state index in [1.807, 2.05) is 6.92 Å². The summed E-state index contributed by atoms with van der Waals surface area (Å²) in [6.07, 6.45) is 0. The summed E-state index contributed by atoms with van der Waals surface area (Å²) < 4.78 is 5.52. The number of nitrogens with zero attached hydrogens (tertiary/aromatic N) is 1. The Balaban J connectivity index is 2.37. The first-order valence-electron chi connectivity index (χ1n) is 6.05. The standard InChI is InChI=1S/C14H12Cl2N2O3/c1-8(17)9-2-4-13(11(16)6-9)21-14-5-3-10(15)7-12(14)18(19)20/h2-8H,17H2,1H3/t8-/m1/s1. The van der Waals surface area contributed by atoms with Gasteiger partial charge in [-0.1, -0.05) is 29.3 Å². The fourth-order valence-electron chi connectivity index (χ4n) is 1.72. The molecule has 0 aliphatic carbocycles.